The van der Waals surface area contributed by atoms with Crippen molar-refractivity contribution in [2.75, 3.05) is 0 Å². The van der Waals surface area contributed by atoms with Crippen LogP contribution in [0.25, 0.3) is 0 Å². The molecule has 2 N–H and O–H groups in total. The van der Waals surface area contributed by atoms with Gasteiger partial charge in [0.25, 0.3) is 0 Å². The van der Waals surface area contributed by atoms with Crippen molar-refractivity contribution in [3.05, 3.63) is 60.1 Å². The summed E-state index contributed by atoms with van der Waals surface area (Å²) in [6, 6.07) is 13.5. The lowest BCUT2D eigenvalue weighted by Gasteiger charge is -2.25. The Balaban J connectivity index is 1.66. The highest BCUT2D eigenvalue weighted by molar-refractivity contribution is 5.82. The first-order valence-corrected chi connectivity index (χ1v) is 7.36. The number of amides is 1. The highest BCUT2D eigenvalue weighted by Crippen LogP contribution is 2.29. The van der Waals surface area contributed by atoms with Gasteiger partial charge in [0.15, 0.2) is 0 Å². The third-order valence-corrected chi connectivity index (χ3v) is 3.79. The molecule has 110 valence electrons. The average molecular weight is 284 g/mol. The van der Waals surface area contributed by atoms with Crippen molar-refractivity contribution in [1.82, 2.24) is 4.90 Å². The molecule has 1 unspecified atom stereocenters. The Kier molecular flexibility index (Phi) is 4.06. The van der Waals surface area contributed by atoms with Gasteiger partial charge in [0, 0.05) is 6.04 Å². The third kappa shape index (κ3) is 3.52. The van der Waals surface area contributed by atoms with E-state index in [-0.39, 0.29) is 5.91 Å². The van der Waals surface area contributed by atoms with Crippen molar-refractivity contribution in [1.29, 1.82) is 0 Å². The highest BCUT2D eigenvalue weighted by Gasteiger charge is 2.35. The van der Waals surface area contributed by atoms with Crippen LogP contribution in [0.3, 0.4) is 0 Å². The molecule has 1 heterocycles. The Bertz CT molecular complexity index is 576. The largest absolute Gasteiger partial charge is 0.467 e. The summed E-state index contributed by atoms with van der Waals surface area (Å²) in [5.41, 5.74) is 7.21. The van der Waals surface area contributed by atoms with E-state index < -0.39 is 6.04 Å². The minimum absolute atomic E-state index is 0.0118. The van der Waals surface area contributed by atoms with Gasteiger partial charge in [-0.25, -0.2) is 0 Å². The zero-order chi connectivity index (χ0) is 14.7. The minimum atomic E-state index is -0.497. The van der Waals surface area contributed by atoms with Crippen LogP contribution in [0, 0.1) is 0 Å². The third-order valence-electron chi connectivity index (χ3n) is 3.79. The molecule has 1 atom stereocenters. The Labute approximate surface area is 124 Å². The SMILES string of the molecule is NC(Cc1ccccc1)C(=O)N(Cc1ccco1)C1CC1. The number of rotatable bonds is 6. The van der Waals surface area contributed by atoms with Gasteiger partial charge in [-0.3, -0.25) is 4.79 Å². The van der Waals surface area contributed by atoms with Gasteiger partial charge < -0.3 is 15.1 Å². The van der Waals surface area contributed by atoms with Crippen LogP contribution in [0.2, 0.25) is 0 Å². The van der Waals surface area contributed by atoms with E-state index in [0.717, 1.165) is 24.2 Å². The normalized spacial score (nSPS) is 15.7. The van der Waals surface area contributed by atoms with Crippen LogP contribution in [-0.2, 0) is 17.8 Å². The van der Waals surface area contributed by atoms with Crippen LogP contribution in [0.1, 0.15) is 24.2 Å². The maximum Gasteiger partial charge on any atom is 0.240 e. The molecule has 1 aliphatic rings. The van der Waals surface area contributed by atoms with E-state index in [2.05, 4.69) is 0 Å². The van der Waals surface area contributed by atoms with Crippen LogP contribution in [0.5, 0.6) is 0 Å². The lowest BCUT2D eigenvalue weighted by atomic mass is 10.1. The van der Waals surface area contributed by atoms with E-state index in [1.807, 2.05) is 47.4 Å². The number of furan rings is 1. The number of carbonyl (C=O) groups excluding carboxylic acids is 1. The van der Waals surface area contributed by atoms with Gasteiger partial charge in [0.1, 0.15) is 5.76 Å². The average Bonchev–Trinajstić information content (AvgIpc) is 3.21. The molecule has 1 amide bonds. The molecular formula is C17H20N2O2. The topological polar surface area (TPSA) is 59.5 Å². The summed E-state index contributed by atoms with van der Waals surface area (Å²) in [5.74, 6) is 0.819. The molecule has 0 aliphatic heterocycles. The number of hydrogen-bond donors (Lipinski definition) is 1. The van der Waals surface area contributed by atoms with E-state index in [9.17, 15) is 4.79 Å². The van der Waals surface area contributed by atoms with Crippen molar-refractivity contribution < 1.29 is 9.21 Å². The molecule has 1 aliphatic carbocycles. The number of nitrogens with two attached hydrogens (primary N) is 1. The number of nitrogens with zero attached hydrogens (tertiary/aromatic N) is 1. The summed E-state index contributed by atoms with van der Waals surface area (Å²) >= 11 is 0. The molecule has 21 heavy (non-hydrogen) atoms. The van der Waals surface area contributed by atoms with Gasteiger partial charge in [-0.2, -0.15) is 0 Å². The van der Waals surface area contributed by atoms with Gasteiger partial charge in [0.05, 0.1) is 18.8 Å². The Morgan fingerprint density at radius 3 is 2.62 bits per heavy atom. The summed E-state index contributed by atoms with van der Waals surface area (Å²) in [4.78, 5) is 14.5. The maximum atomic E-state index is 12.6. The summed E-state index contributed by atoms with van der Waals surface area (Å²) in [7, 11) is 0. The molecule has 0 bridgehead atoms. The van der Waals surface area contributed by atoms with Gasteiger partial charge >= 0.3 is 0 Å². The summed E-state index contributed by atoms with van der Waals surface area (Å²) in [6.07, 6.45) is 4.32. The van der Waals surface area contributed by atoms with Crippen LogP contribution in [-0.4, -0.2) is 22.9 Å². The molecule has 0 saturated heterocycles. The van der Waals surface area contributed by atoms with Crippen molar-refractivity contribution in [2.45, 2.75) is 37.9 Å². The fourth-order valence-electron chi connectivity index (χ4n) is 2.51. The van der Waals surface area contributed by atoms with Gasteiger partial charge in [-0.1, -0.05) is 30.3 Å². The number of carbonyl (C=O) groups is 1. The first kappa shape index (κ1) is 13.9. The summed E-state index contributed by atoms with van der Waals surface area (Å²) in [5, 5.41) is 0. The van der Waals surface area contributed by atoms with Crippen LogP contribution >= 0.6 is 0 Å². The molecule has 4 nitrogen and oxygen atoms in total. The first-order valence-electron chi connectivity index (χ1n) is 7.36. The van der Waals surface area contributed by atoms with Gasteiger partial charge in [-0.15, -0.1) is 0 Å². The molecule has 1 saturated carbocycles. The van der Waals surface area contributed by atoms with Crippen molar-refractivity contribution in [3.63, 3.8) is 0 Å². The molecule has 1 fully saturated rings. The zero-order valence-electron chi connectivity index (χ0n) is 11.9. The number of benzene rings is 1. The fourth-order valence-corrected chi connectivity index (χ4v) is 2.51. The van der Waals surface area contributed by atoms with Crippen LogP contribution in [0.15, 0.2) is 53.1 Å². The second-order valence-electron chi connectivity index (χ2n) is 5.57. The quantitative estimate of drug-likeness (QED) is 0.885. The Hall–Kier alpha value is -2.07. The lowest BCUT2D eigenvalue weighted by molar-refractivity contribution is -0.134. The molecule has 0 spiro atoms. The second kappa shape index (κ2) is 6.14. The number of hydrogen-bond acceptors (Lipinski definition) is 3. The Morgan fingerprint density at radius 1 is 1.24 bits per heavy atom. The summed E-state index contributed by atoms with van der Waals surface area (Å²) in [6.45, 7) is 0.513. The predicted molar refractivity (Wildman–Crippen MR) is 80.4 cm³/mol. The van der Waals surface area contributed by atoms with Crippen LogP contribution in [0.4, 0.5) is 0 Å². The standard InChI is InChI=1S/C17H20N2O2/c18-16(11-13-5-2-1-3-6-13)17(20)19(14-8-9-14)12-15-7-4-10-21-15/h1-7,10,14,16H,8-9,11-12,18H2. The van der Waals surface area contributed by atoms with E-state index in [1.54, 1.807) is 6.26 Å². The fraction of sp³-hybridized carbons (Fsp3) is 0.353. The van der Waals surface area contributed by atoms with E-state index in [1.165, 1.54) is 0 Å². The van der Waals surface area contributed by atoms with E-state index >= 15 is 0 Å². The van der Waals surface area contributed by atoms with Crippen molar-refractivity contribution >= 4 is 5.91 Å². The molecular weight excluding hydrogens is 264 g/mol. The second-order valence-corrected chi connectivity index (χ2v) is 5.57. The lowest BCUT2D eigenvalue weighted by Crippen LogP contribution is -2.45. The predicted octanol–water partition coefficient (Wildman–Crippen LogP) is 2.34. The smallest absolute Gasteiger partial charge is 0.240 e. The van der Waals surface area contributed by atoms with E-state index in [4.69, 9.17) is 10.2 Å². The van der Waals surface area contributed by atoms with Crippen molar-refractivity contribution in [3.8, 4) is 0 Å². The highest BCUT2D eigenvalue weighted by atomic mass is 16.3. The van der Waals surface area contributed by atoms with Gasteiger partial charge in [0.2, 0.25) is 5.91 Å². The molecule has 2 aromatic rings. The van der Waals surface area contributed by atoms with E-state index in [0.29, 0.717) is 19.0 Å². The molecule has 0 radical (unpaired) electrons. The maximum absolute atomic E-state index is 12.6. The summed E-state index contributed by atoms with van der Waals surface area (Å²) < 4.78 is 5.36. The molecule has 1 aromatic heterocycles. The first-order chi connectivity index (χ1) is 10.2. The molecule has 4 heteroatoms. The van der Waals surface area contributed by atoms with Gasteiger partial charge in [-0.05, 0) is 37.0 Å². The van der Waals surface area contributed by atoms with Crippen molar-refractivity contribution in [2.24, 2.45) is 5.73 Å². The minimum Gasteiger partial charge on any atom is -0.467 e. The monoisotopic (exact) mass is 284 g/mol. The Morgan fingerprint density at radius 2 is 2.00 bits per heavy atom. The molecule has 3 rings (SSSR count). The van der Waals surface area contributed by atoms with Crippen LogP contribution < -0.4 is 5.73 Å². The molecule has 1 aromatic carbocycles. The zero-order valence-corrected chi connectivity index (χ0v) is 11.9.